The maximum Gasteiger partial charge on any atom is 0.243 e. The number of benzene rings is 2. The molecule has 52 heavy (non-hydrogen) atoms. The second-order valence-electron chi connectivity index (χ2n) is 14.7. The molecule has 13 heteroatoms. The average molecular weight is 722 g/mol. The Hall–Kier alpha value is -4.17. The van der Waals surface area contributed by atoms with Crippen molar-refractivity contribution in [3.63, 3.8) is 0 Å². The average Bonchev–Trinajstić information content (AvgIpc) is 3.12. The third kappa shape index (κ3) is 11.7. The highest BCUT2D eigenvalue weighted by molar-refractivity contribution is 5.98. The highest BCUT2D eigenvalue weighted by Crippen LogP contribution is 2.30. The van der Waals surface area contributed by atoms with Gasteiger partial charge in [0.05, 0.1) is 31.9 Å². The third-order valence-corrected chi connectivity index (χ3v) is 9.80. The van der Waals surface area contributed by atoms with Crippen molar-refractivity contribution in [1.29, 1.82) is 0 Å². The van der Waals surface area contributed by atoms with Gasteiger partial charge in [0.2, 0.25) is 23.6 Å². The van der Waals surface area contributed by atoms with E-state index in [0.29, 0.717) is 39.1 Å². The molecule has 0 bridgehead atoms. The van der Waals surface area contributed by atoms with Crippen LogP contribution in [0.4, 0.5) is 0 Å². The fourth-order valence-corrected chi connectivity index (χ4v) is 6.79. The lowest BCUT2D eigenvalue weighted by atomic mass is 9.73. The fourth-order valence-electron chi connectivity index (χ4n) is 6.79. The quantitative estimate of drug-likeness (QED) is 0.147. The summed E-state index contributed by atoms with van der Waals surface area (Å²) < 4.78 is 5.39. The molecule has 13 nitrogen and oxygen atoms in total. The Labute approximate surface area is 306 Å². The Morgan fingerprint density at radius 2 is 1.44 bits per heavy atom. The van der Waals surface area contributed by atoms with E-state index < -0.39 is 65.3 Å². The lowest BCUT2D eigenvalue weighted by molar-refractivity contribution is -0.163. The van der Waals surface area contributed by atoms with Crippen molar-refractivity contribution in [2.45, 2.75) is 95.7 Å². The number of nitrogens with one attached hydrogen (secondary N) is 4. The van der Waals surface area contributed by atoms with Crippen molar-refractivity contribution in [3.8, 4) is 0 Å². The second kappa shape index (κ2) is 19.1. The van der Waals surface area contributed by atoms with Crippen LogP contribution in [-0.2, 0) is 41.6 Å². The van der Waals surface area contributed by atoms with Gasteiger partial charge in [-0.1, -0.05) is 81.4 Å². The summed E-state index contributed by atoms with van der Waals surface area (Å²) in [6, 6.07) is 14.5. The molecule has 2 aromatic rings. The maximum absolute atomic E-state index is 14.0. The van der Waals surface area contributed by atoms with E-state index in [-0.39, 0.29) is 37.6 Å². The topological polar surface area (TPSA) is 186 Å². The molecule has 7 atom stereocenters. The van der Waals surface area contributed by atoms with Gasteiger partial charge in [0.25, 0.3) is 0 Å². The number of hydrogen-bond acceptors (Lipinski definition) is 9. The van der Waals surface area contributed by atoms with E-state index in [9.17, 15) is 34.2 Å². The first-order valence-corrected chi connectivity index (χ1v) is 18.3. The van der Waals surface area contributed by atoms with Gasteiger partial charge in [-0.3, -0.25) is 28.9 Å². The summed E-state index contributed by atoms with van der Waals surface area (Å²) in [6.07, 6.45) is -0.0150. The molecule has 1 aliphatic carbocycles. The molecule has 0 radical (unpaired) electrons. The molecule has 7 unspecified atom stereocenters. The fraction of sp³-hybridized carbons (Fsp3) is 0.564. The normalized spacial score (nSPS) is 24.0. The number of carbonyl (C=O) groups excluding carboxylic acids is 5. The van der Waals surface area contributed by atoms with Crippen LogP contribution in [0, 0.1) is 11.8 Å². The molecule has 4 amide bonds. The van der Waals surface area contributed by atoms with Crippen LogP contribution in [0.1, 0.15) is 58.1 Å². The monoisotopic (exact) mass is 721 g/mol. The molecule has 2 aliphatic rings. The minimum absolute atomic E-state index is 0.0221. The van der Waals surface area contributed by atoms with E-state index in [1.807, 2.05) is 79.4 Å². The van der Waals surface area contributed by atoms with Crippen molar-refractivity contribution < 1.29 is 38.9 Å². The lowest BCUT2D eigenvalue weighted by Gasteiger charge is -2.41. The van der Waals surface area contributed by atoms with E-state index in [2.05, 4.69) is 21.3 Å². The summed E-state index contributed by atoms with van der Waals surface area (Å²) in [4.78, 5) is 69.9. The smallest absolute Gasteiger partial charge is 0.243 e. The number of rotatable bonds is 16. The van der Waals surface area contributed by atoms with Crippen LogP contribution in [0.2, 0.25) is 0 Å². The molecule has 1 saturated heterocycles. The number of aryl methyl sites for hydroxylation is 1. The molecule has 0 aromatic heterocycles. The molecule has 2 aromatic carbocycles. The molecule has 2 fully saturated rings. The van der Waals surface area contributed by atoms with Crippen molar-refractivity contribution in [2.75, 3.05) is 32.8 Å². The van der Waals surface area contributed by atoms with Gasteiger partial charge in [0.15, 0.2) is 5.78 Å². The lowest BCUT2D eigenvalue weighted by Crippen LogP contribution is -2.64. The van der Waals surface area contributed by atoms with Crippen molar-refractivity contribution in [2.24, 2.45) is 11.8 Å². The van der Waals surface area contributed by atoms with E-state index in [0.717, 1.165) is 11.1 Å². The molecule has 1 heterocycles. The Morgan fingerprint density at radius 3 is 2.06 bits per heavy atom. The Bertz CT molecular complexity index is 1500. The zero-order chi connectivity index (χ0) is 37.8. The van der Waals surface area contributed by atoms with Gasteiger partial charge >= 0.3 is 0 Å². The van der Waals surface area contributed by atoms with Crippen LogP contribution in [0.15, 0.2) is 60.7 Å². The first kappa shape index (κ1) is 40.6. The zero-order valence-electron chi connectivity index (χ0n) is 30.7. The molecule has 1 aliphatic heterocycles. The van der Waals surface area contributed by atoms with Crippen LogP contribution < -0.4 is 21.3 Å². The summed E-state index contributed by atoms with van der Waals surface area (Å²) in [5.41, 5.74) is -0.298. The van der Waals surface area contributed by atoms with E-state index in [4.69, 9.17) is 4.74 Å². The van der Waals surface area contributed by atoms with Gasteiger partial charge in [-0.2, -0.15) is 0 Å². The van der Waals surface area contributed by atoms with E-state index in [1.165, 1.54) is 6.92 Å². The minimum Gasteiger partial charge on any atom is -0.389 e. The predicted octanol–water partition coefficient (Wildman–Crippen LogP) is 0.900. The van der Waals surface area contributed by atoms with Crippen LogP contribution in [0.3, 0.4) is 0 Å². The summed E-state index contributed by atoms with van der Waals surface area (Å²) >= 11 is 0. The number of carbonyl (C=O) groups is 5. The van der Waals surface area contributed by atoms with Crippen molar-refractivity contribution in [3.05, 3.63) is 71.8 Å². The summed E-state index contributed by atoms with van der Waals surface area (Å²) in [5.74, 6) is -3.26. The standard InChI is InChI=1S/C39H55N5O8/c1-25(2)21-31(42-36(48)29(16-15-27-11-7-5-8-12-27)40-33(45)24-44-17-19-52-20-18-44)37(49)43-32(23-28-13-9-6-10-14-28)38(50)41-30-22-26(3)34(46)39(4,51)35(30)47/h5-14,25-26,29-32,34,46,51H,15-24H2,1-4H3,(H,40,45)(H,41,50)(H,42,48)(H,43,49). The number of morpholine rings is 1. The first-order valence-electron chi connectivity index (χ1n) is 18.3. The van der Waals surface area contributed by atoms with Crippen molar-refractivity contribution >= 4 is 29.4 Å². The largest absolute Gasteiger partial charge is 0.389 e. The number of Topliss-reactive ketones (excluding diaryl/α,β-unsaturated/α-hetero) is 1. The molecular weight excluding hydrogens is 666 g/mol. The number of ether oxygens (including phenoxy) is 1. The first-order chi connectivity index (χ1) is 24.7. The van der Waals surface area contributed by atoms with Gasteiger partial charge in [-0.25, -0.2) is 0 Å². The molecule has 1 saturated carbocycles. The van der Waals surface area contributed by atoms with Gasteiger partial charge in [-0.05, 0) is 55.6 Å². The van der Waals surface area contributed by atoms with E-state index >= 15 is 0 Å². The number of aliphatic hydroxyl groups excluding tert-OH is 1. The summed E-state index contributed by atoms with van der Waals surface area (Å²) in [6.45, 7) is 9.13. The summed E-state index contributed by atoms with van der Waals surface area (Å²) in [7, 11) is 0. The number of ketones is 1. The van der Waals surface area contributed by atoms with Gasteiger partial charge in [-0.15, -0.1) is 0 Å². The Morgan fingerprint density at radius 1 is 0.865 bits per heavy atom. The van der Waals surface area contributed by atoms with Gasteiger partial charge in [0, 0.05) is 19.5 Å². The number of aliphatic hydroxyl groups is 2. The molecule has 284 valence electrons. The molecule has 6 N–H and O–H groups in total. The second-order valence-corrected chi connectivity index (χ2v) is 14.7. The van der Waals surface area contributed by atoms with Crippen LogP contribution in [0.5, 0.6) is 0 Å². The highest BCUT2D eigenvalue weighted by atomic mass is 16.5. The third-order valence-electron chi connectivity index (χ3n) is 9.80. The summed E-state index contributed by atoms with van der Waals surface area (Å²) in [5, 5.41) is 32.4. The number of nitrogens with zero attached hydrogens (tertiary/aromatic N) is 1. The van der Waals surface area contributed by atoms with Crippen LogP contribution >= 0.6 is 0 Å². The van der Waals surface area contributed by atoms with Crippen LogP contribution in [0.25, 0.3) is 0 Å². The Kier molecular flexibility index (Phi) is 14.9. The van der Waals surface area contributed by atoms with E-state index in [1.54, 1.807) is 6.92 Å². The molecule has 4 rings (SSSR count). The van der Waals surface area contributed by atoms with Crippen molar-refractivity contribution in [1.82, 2.24) is 26.2 Å². The SMILES string of the molecule is CC(C)CC(NC(=O)C(CCc1ccccc1)NC(=O)CN1CCOCC1)C(=O)NC(Cc1ccccc1)C(=O)NC1CC(C)C(O)C(C)(O)C1=O. The highest BCUT2D eigenvalue weighted by Gasteiger charge is 2.50. The number of amides is 4. The van der Waals surface area contributed by atoms with Gasteiger partial charge < -0.3 is 36.2 Å². The minimum atomic E-state index is -2.05. The molecular formula is C39H55N5O8. The predicted molar refractivity (Wildman–Crippen MR) is 195 cm³/mol. The Balaban J connectivity index is 1.51. The number of hydrogen-bond donors (Lipinski definition) is 6. The van der Waals surface area contributed by atoms with Gasteiger partial charge in [0.1, 0.15) is 23.7 Å². The maximum atomic E-state index is 14.0. The zero-order valence-corrected chi connectivity index (χ0v) is 30.7. The molecule has 0 spiro atoms. The van der Waals surface area contributed by atoms with Crippen LogP contribution in [-0.4, -0.2) is 113 Å².